The molecule has 1 fully saturated rings. The Labute approximate surface area is 141 Å². The fourth-order valence-corrected chi connectivity index (χ4v) is 3.45. The van der Waals surface area contributed by atoms with Crippen LogP contribution in [0.1, 0.15) is 31.1 Å². The minimum absolute atomic E-state index is 0.0699. The predicted molar refractivity (Wildman–Crippen MR) is 83.9 cm³/mol. The van der Waals surface area contributed by atoms with Gasteiger partial charge in [0.1, 0.15) is 12.1 Å². The molecule has 1 saturated heterocycles. The zero-order chi connectivity index (χ0) is 17.8. The summed E-state index contributed by atoms with van der Waals surface area (Å²) in [6, 6.07) is 4.66. The van der Waals surface area contributed by atoms with Crippen LogP contribution in [0.2, 0.25) is 0 Å². The van der Waals surface area contributed by atoms with Gasteiger partial charge in [-0.15, -0.1) is 0 Å². The van der Waals surface area contributed by atoms with E-state index >= 15 is 0 Å². The molecule has 0 saturated carbocycles. The molecule has 0 radical (unpaired) electrons. The molecule has 130 valence electrons. The third-order valence-electron chi connectivity index (χ3n) is 4.45. The highest BCUT2D eigenvalue weighted by molar-refractivity contribution is 5.53. The van der Waals surface area contributed by atoms with E-state index in [0.29, 0.717) is 12.4 Å². The van der Waals surface area contributed by atoms with E-state index in [-0.39, 0.29) is 17.2 Å². The van der Waals surface area contributed by atoms with E-state index in [1.54, 1.807) is 12.4 Å². The minimum Gasteiger partial charge on any atom is -0.348 e. The number of pyridine rings is 1. The Morgan fingerprint density at radius 2 is 2.08 bits per heavy atom. The van der Waals surface area contributed by atoms with Crippen molar-refractivity contribution in [2.45, 2.75) is 26.1 Å². The molecule has 0 aromatic carbocycles. The lowest BCUT2D eigenvalue weighted by molar-refractivity contribution is -0.141. The van der Waals surface area contributed by atoms with Crippen LogP contribution >= 0.6 is 0 Å². The Morgan fingerprint density at radius 1 is 1.28 bits per heavy atom. The van der Waals surface area contributed by atoms with Gasteiger partial charge in [-0.1, -0.05) is 19.9 Å². The maximum absolute atomic E-state index is 13.2. The number of rotatable bonds is 2. The normalized spacial score (nSPS) is 19.9. The fourth-order valence-electron chi connectivity index (χ4n) is 3.45. The molecular weight excluding hydrogens is 333 g/mol. The maximum atomic E-state index is 13.2. The molecule has 6 nitrogen and oxygen atoms in total. The quantitative estimate of drug-likeness (QED) is 0.712. The minimum atomic E-state index is -4.55. The van der Waals surface area contributed by atoms with E-state index in [4.69, 9.17) is 0 Å². The van der Waals surface area contributed by atoms with Crippen LogP contribution in [0.15, 0.2) is 36.9 Å². The molecule has 0 bridgehead atoms. The zero-order valence-electron chi connectivity index (χ0n) is 13.6. The summed E-state index contributed by atoms with van der Waals surface area (Å²) in [4.78, 5) is 13.4. The summed E-state index contributed by atoms with van der Waals surface area (Å²) in [5.74, 6) is 0.252. The maximum Gasteiger partial charge on any atom is 0.433 e. The summed E-state index contributed by atoms with van der Waals surface area (Å²) in [5, 5.41) is 4.04. The van der Waals surface area contributed by atoms with Crippen LogP contribution in [0.5, 0.6) is 0 Å². The van der Waals surface area contributed by atoms with Crippen LogP contribution in [-0.2, 0) is 6.18 Å². The highest BCUT2D eigenvalue weighted by Crippen LogP contribution is 2.50. The number of hydrogen-bond donors (Lipinski definition) is 0. The van der Waals surface area contributed by atoms with Crippen LogP contribution in [0.3, 0.4) is 0 Å². The summed E-state index contributed by atoms with van der Waals surface area (Å²) < 4.78 is 41.0. The average molecular weight is 348 g/mol. The highest BCUT2D eigenvalue weighted by atomic mass is 19.4. The summed E-state index contributed by atoms with van der Waals surface area (Å²) in [5.41, 5.74) is -0.146. The van der Waals surface area contributed by atoms with Crippen LogP contribution in [0.4, 0.5) is 19.0 Å². The second-order valence-electron chi connectivity index (χ2n) is 6.77. The van der Waals surface area contributed by atoms with Crippen molar-refractivity contribution in [2.24, 2.45) is 5.41 Å². The van der Waals surface area contributed by atoms with Gasteiger partial charge >= 0.3 is 6.18 Å². The largest absolute Gasteiger partial charge is 0.433 e. The molecule has 0 spiro atoms. The molecule has 25 heavy (non-hydrogen) atoms. The molecule has 1 aliphatic rings. The number of halogens is 3. The van der Waals surface area contributed by atoms with Gasteiger partial charge in [0.2, 0.25) is 0 Å². The van der Waals surface area contributed by atoms with Crippen LogP contribution < -0.4 is 4.90 Å². The fraction of sp³-hybridized carbons (Fsp3) is 0.375. The molecular formula is C16H15F3N6. The number of anilines is 1. The predicted octanol–water partition coefficient (Wildman–Crippen LogP) is 3.13. The first kappa shape index (κ1) is 15.8. The van der Waals surface area contributed by atoms with E-state index < -0.39 is 11.9 Å². The lowest BCUT2D eigenvalue weighted by Gasteiger charge is -2.55. The van der Waals surface area contributed by atoms with Crippen molar-refractivity contribution in [1.29, 1.82) is 0 Å². The smallest absolute Gasteiger partial charge is 0.348 e. The van der Waals surface area contributed by atoms with Crippen molar-refractivity contribution >= 4 is 11.6 Å². The van der Waals surface area contributed by atoms with E-state index in [0.717, 1.165) is 11.6 Å². The number of fused-ring (bicyclic) bond motifs is 1. The lowest BCUT2D eigenvalue weighted by atomic mass is 9.72. The number of alkyl halides is 3. The van der Waals surface area contributed by atoms with Gasteiger partial charge in [0.25, 0.3) is 5.78 Å². The molecule has 4 rings (SSSR count). The lowest BCUT2D eigenvalue weighted by Crippen LogP contribution is -2.56. The molecule has 0 N–H and O–H groups in total. The SMILES string of the molecule is CC1(C)CN(c2cc(C(F)(F)F)nc3ncnn23)C1c1cccnc1. The first-order valence-electron chi connectivity index (χ1n) is 7.72. The van der Waals surface area contributed by atoms with Gasteiger partial charge in [0.05, 0.1) is 6.04 Å². The van der Waals surface area contributed by atoms with Gasteiger partial charge in [-0.2, -0.15) is 27.8 Å². The van der Waals surface area contributed by atoms with Gasteiger partial charge < -0.3 is 4.90 Å². The Bertz CT molecular complexity index is 919. The average Bonchev–Trinajstić information content (AvgIpc) is 3.00. The van der Waals surface area contributed by atoms with E-state index in [1.165, 1.54) is 10.8 Å². The number of hydrogen-bond acceptors (Lipinski definition) is 5. The molecule has 4 heterocycles. The Hall–Kier alpha value is -2.71. The van der Waals surface area contributed by atoms with Crippen molar-refractivity contribution in [2.75, 3.05) is 11.4 Å². The van der Waals surface area contributed by atoms with Gasteiger partial charge in [0, 0.05) is 30.4 Å². The number of nitrogens with zero attached hydrogens (tertiary/aromatic N) is 6. The first-order chi connectivity index (χ1) is 11.8. The number of aromatic nitrogens is 5. The van der Waals surface area contributed by atoms with Crippen molar-refractivity contribution in [3.8, 4) is 0 Å². The van der Waals surface area contributed by atoms with E-state index in [1.807, 2.05) is 17.0 Å². The second kappa shape index (κ2) is 5.14. The second-order valence-corrected chi connectivity index (χ2v) is 6.77. The standard InChI is InChI=1S/C16H15F3N6/c1-15(2)8-24(13(15)10-4-3-5-20-7-10)12-6-11(16(17,18)19)23-14-21-9-22-25(12)14/h3-7,9,13H,8H2,1-2H3. The Morgan fingerprint density at radius 3 is 2.72 bits per heavy atom. The Kier molecular flexibility index (Phi) is 3.25. The zero-order valence-corrected chi connectivity index (χ0v) is 13.6. The van der Waals surface area contributed by atoms with E-state index in [2.05, 4.69) is 33.9 Å². The van der Waals surface area contributed by atoms with E-state index in [9.17, 15) is 13.2 Å². The topological polar surface area (TPSA) is 59.2 Å². The third-order valence-corrected chi connectivity index (χ3v) is 4.45. The highest BCUT2D eigenvalue weighted by Gasteiger charge is 2.48. The van der Waals surface area contributed by atoms with Crippen molar-refractivity contribution < 1.29 is 13.2 Å². The Balaban J connectivity index is 1.85. The monoisotopic (exact) mass is 348 g/mol. The summed E-state index contributed by atoms with van der Waals surface area (Å²) in [6.45, 7) is 4.74. The third kappa shape index (κ3) is 2.50. The molecule has 3 aromatic rings. The van der Waals surface area contributed by atoms with Gasteiger partial charge in [0.15, 0.2) is 5.69 Å². The van der Waals surface area contributed by atoms with Gasteiger partial charge in [-0.25, -0.2) is 4.98 Å². The molecule has 0 aliphatic carbocycles. The van der Waals surface area contributed by atoms with Crippen LogP contribution in [0, 0.1) is 5.41 Å². The summed E-state index contributed by atoms with van der Waals surface area (Å²) >= 11 is 0. The molecule has 3 aromatic heterocycles. The molecule has 9 heteroatoms. The van der Waals surface area contributed by atoms with Crippen molar-refractivity contribution in [3.63, 3.8) is 0 Å². The molecule has 1 aliphatic heterocycles. The van der Waals surface area contributed by atoms with Crippen LogP contribution in [-0.4, -0.2) is 31.1 Å². The summed E-state index contributed by atoms with van der Waals surface area (Å²) in [6.07, 6.45) is 0.0644. The first-order valence-corrected chi connectivity index (χ1v) is 7.72. The molecule has 0 amide bonds. The van der Waals surface area contributed by atoms with Crippen molar-refractivity contribution in [1.82, 2.24) is 24.6 Å². The summed E-state index contributed by atoms with van der Waals surface area (Å²) in [7, 11) is 0. The van der Waals surface area contributed by atoms with Crippen molar-refractivity contribution in [3.05, 3.63) is 48.2 Å². The molecule has 1 unspecified atom stereocenters. The van der Waals surface area contributed by atoms with Gasteiger partial charge in [-0.3, -0.25) is 4.98 Å². The van der Waals surface area contributed by atoms with Gasteiger partial charge in [-0.05, 0) is 11.6 Å². The molecule has 1 atom stereocenters. The van der Waals surface area contributed by atoms with Crippen LogP contribution in [0.25, 0.3) is 5.78 Å².